The zero-order chi connectivity index (χ0) is 19.3. The van der Waals surface area contributed by atoms with Gasteiger partial charge >= 0.3 is 6.09 Å². The number of rotatable bonds is 7. The van der Waals surface area contributed by atoms with Crippen molar-refractivity contribution >= 4 is 11.9 Å². The van der Waals surface area contributed by atoms with Gasteiger partial charge in [-0.2, -0.15) is 0 Å². The molecule has 0 aliphatic rings. The fraction of sp³-hybridized carbons (Fsp3) is 0.300. The van der Waals surface area contributed by atoms with Crippen molar-refractivity contribution in [2.75, 3.05) is 7.05 Å². The summed E-state index contributed by atoms with van der Waals surface area (Å²) in [5.74, 6) is -1.43. The second-order valence-corrected chi connectivity index (χ2v) is 6.24. The van der Waals surface area contributed by atoms with Gasteiger partial charge in [-0.3, -0.25) is 4.79 Å². The first-order valence-electron chi connectivity index (χ1n) is 8.46. The minimum atomic E-state index is -1.16. The van der Waals surface area contributed by atoms with Crippen LogP contribution in [-0.2, 0) is 13.0 Å². The SMILES string of the molecule is CCCCc1ccc(C(=O)c2ccc(CN(C)C(=O)O)c(O)c2O)cc1. The van der Waals surface area contributed by atoms with Crippen molar-refractivity contribution in [2.24, 2.45) is 0 Å². The number of aryl methyl sites for hydroxylation is 1. The molecule has 2 aromatic rings. The molecule has 0 aromatic heterocycles. The third-order valence-corrected chi connectivity index (χ3v) is 4.25. The second kappa shape index (κ2) is 8.38. The number of ketones is 1. The van der Waals surface area contributed by atoms with Crippen molar-refractivity contribution in [2.45, 2.75) is 32.7 Å². The highest BCUT2D eigenvalue weighted by Gasteiger charge is 2.20. The van der Waals surface area contributed by atoms with E-state index in [1.165, 1.54) is 19.2 Å². The van der Waals surface area contributed by atoms with Crippen LogP contribution in [0.25, 0.3) is 0 Å². The zero-order valence-corrected chi connectivity index (χ0v) is 14.9. The van der Waals surface area contributed by atoms with Crippen molar-refractivity contribution in [3.05, 3.63) is 58.7 Å². The summed E-state index contributed by atoms with van der Waals surface area (Å²) in [6, 6.07) is 10.0. The number of hydrogen-bond acceptors (Lipinski definition) is 4. The predicted molar refractivity (Wildman–Crippen MR) is 97.7 cm³/mol. The fourth-order valence-corrected chi connectivity index (χ4v) is 2.61. The number of benzene rings is 2. The van der Waals surface area contributed by atoms with Gasteiger partial charge in [0.25, 0.3) is 0 Å². The summed E-state index contributed by atoms with van der Waals surface area (Å²) < 4.78 is 0. The fourth-order valence-electron chi connectivity index (χ4n) is 2.61. The Balaban J connectivity index is 2.24. The van der Waals surface area contributed by atoms with Gasteiger partial charge in [0.15, 0.2) is 17.3 Å². The molecule has 6 heteroatoms. The van der Waals surface area contributed by atoms with Gasteiger partial charge in [0.1, 0.15) is 0 Å². The summed E-state index contributed by atoms with van der Waals surface area (Å²) in [4.78, 5) is 24.5. The quantitative estimate of drug-likeness (QED) is 0.517. The van der Waals surface area contributed by atoms with E-state index in [1.54, 1.807) is 12.1 Å². The highest BCUT2D eigenvalue weighted by molar-refractivity contribution is 6.11. The van der Waals surface area contributed by atoms with Gasteiger partial charge in [-0.1, -0.05) is 43.7 Å². The van der Waals surface area contributed by atoms with E-state index in [4.69, 9.17) is 5.11 Å². The topological polar surface area (TPSA) is 98.1 Å². The Bertz CT molecular complexity index is 799. The lowest BCUT2D eigenvalue weighted by Gasteiger charge is -2.15. The Labute approximate surface area is 152 Å². The molecule has 0 heterocycles. The number of hydrogen-bond donors (Lipinski definition) is 3. The lowest BCUT2D eigenvalue weighted by atomic mass is 9.98. The Morgan fingerprint density at radius 3 is 2.23 bits per heavy atom. The Morgan fingerprint density at radius 1 is 1.00 bits per heavy atom. The van der Waals surface area contributed by atoms with Gasteiger partial charge in [0, 0.05) is 18.2 Å². The van der Waals surface area contributed by atoms with Crippen molar-refractivity contribution in [3.63, 3.8) is 0 Å². The second-order valence-electron chi connectivity index (χ2n) is 6.24. The number of phenolic OH excluding ortho intramolecular Hbond substituents is 2. The van der Waals surface area contributed by atoms with Gasteiger partial charge in [-0.25, -0.2) is 4.79 Å². The first kappa shape index (κ1) is 19.3. The van der Waals surface area contributed by atoms with E-state index in [0.29, 0.717) is 5.56 Å². The number of aromatic hydroxyl groups is 2. The van der Waals surface area contributed by atoms with E-state index in [-0.39, 0.29) is 17.7 Å². The predicted octanol–water partition coefficient (Wildman–Crippen LogP) is 3.78. The van der Waals surface area contributed by atoms with Crippen LogP contribution >= 0.6 is 0 Å². The molecule has 0 unspecified atom stereocenters. The smallest absolute Gasteiger partial charge is 0.407 e. The molecule has 0 aliphatic carbocycles. The van der Waals surface area contributed by atoms with E-state index in [9.17, 15) is 19.8 Å². The number of carboxylic acid groups (broad SMARTS) is 1. The maximum atomic E-state index is 12.6. The molecule has 138 valence electrons. The van der Waals surface area contributed by atoms with Crippen molar-refractivity contribution in [1.29, 1.82) is 0 Å². The van der Waals surface area contributed by atoms with E-state index >= 15 is 0 Å². The normalized spacial score (nSPS) is 10.5. The molecule has 26 heavy (non-hydrogen) atoms. The van der Waals surface area contributed by atoms with E-state index in [2.05, 4.69) is 6.92 Å². The molecule has 3 N–H and O–H groups in total. The van der Waals surface area contributed by atoms with Crippen LogP contribution < -0.4 is 0 Å². The lowest BCUT2D eigenvalue weighted by molar-refractivity contribution is 0.103. The minimum Gasteiger partial charge on any atom is -0.504 e. The first-order valence-corrected chi connectivity index (χ1v) is 8.46. The Hall–Kier alpha value is -3.02. The van der Waals surface area contributed by atoms with Gasteiger partial charge in [0.05, 0.1) is 12.1 Å². The summed E-state index contributed by atoms with van der Waals surface area (Å²) in [6.07, 6.45) is 1.96. The Morgan fingerprint density at radius 2 is 1.65 bits per heavy atom. The molecule has 0 spiro atoms. The van der Waals surface area contributed by atoms with Gasteiger partial charge < -0.3 is 20.2 Å². The molecule has 0 saturated carbocycles. The summed E-state index contributed by atoms with van der Waals surface area (Å²) in [5.41, 5.74) is 1.75. The molecule has 0 atom stereocenters. The van der Waals surface area contributed by atoms with E-state index < -0.39 is 23.4 Å². The minimum absolute atomic E-state index is 0.0227. The van der Waals surface area contributed by atoms with Crippen LogP contribution in [0.1, 0.15) is 46.8 Å². The van der Waals surface area contributed by atoms with Crippen LogP contribution in [0.4, 0.5) is 4.79 Å². The van der Waals surface area contributed by atoms with Gasteiger partial charge in [0.2, 0.25) is 0 Å². The molecule has 0 saturated heterocycles. The third-order valence-electron chi connectivity index (χ3n) is 4.25. The molecule has 2 rings (SSSR count). The van der Waals surface area contributed by atoms with Crippen molar-refractivity contribution in [3.8, 4) is 11.5 Å². The maximum absolute atomic E-state index is 12.6. The van der Waals surface area contributed by atoms with E-state index in [1.807, 2.05) is 12.1 Å². The molecular formula is C20H23NO5. The number of carbonyl (C=O) groups is 2. The number of carbonyl (C=O) groups excluding carboxylic acids is 1. The summed E-state index contributed by atoms with van der Waals surface area (Å²) in [5, 5.41) is 29.2. The number of phenols is 2. The largest absolute Gasteiger partial charge is 0.504 e. The van der Waals surface area contributed by atoms with Crippen LogP contribution in [0.2, 0.25) is 0 Å². The number of amides is 1. The number of unbranched alkanes of at least 4 members (excludes halogenated alkanes) is 1. The zero-order valence-electron chi connectivity index (χ0n) is 14.9. The van der Waals surface area contributed by atoms with Crippen molar-refractivity contribution in [1.82, 2.24) is 4.90 Å². The van der Waals surface area contributed by atoms with E-state index in [0.717, 1.165) is 29.7 Å². The lowest BCUT2D eigenvalue weighted by Crippen LogP contribution is -2.24. The van der Waals surface area contributed by atoms with Crippen LogP contribution in [0.15, 0.2) is 36.4 Å². The van der Waals surface area contributed by atoms with Gasteiger partial charge in [-0.05, 0) is 24.5 Å². The molecule has 2 aromatic carbocycles. The average Bonchev–Trinajstić information content (AvgIpc) is 2.63. The summed E-state index contributed by atoms with van der Waals surface area (Å²) in [7, 11) is 1.35. The molecule has 6 nitrogen and oxygen atoms in total. The monoisotopic (exact) mass is 357 g/mol. The van der Waals surface area contributed by atoms with Gasteiger partial charge in [-0.15, -0.1) is 0 Å². The summed E-state index contributed by atoms with van der Waals surface area (Å²) >= 11 is 0. The van der Waals surface area contributed by atoms with Crippen LogP contribution in [0.5, 0.6) is 11.5 Å². The molecule has 0 aliphatic heterocycles. The highest BCUT2D eigenvalue weighted by atomic mass is 16.4. The molecule has 0 radical (unpaired) electrons. The summed E-state index contributed by atoms with van der Waals surface area (Å²) in [6.45, 7) is 2.01. The van der Waals surface area contributed by atoms with Crippen LogP contribution in [0, 0.1) is 0 Å². The maximum Gasteiger partial charge on any atom is 0.407 e. The number of nitrogens with zero attached hydrogens (tertiary/aromatic N) is 1. The average molecular weight is 357 g/mol. The Kier molecular flexibility index (Phi) is 6.22. The first-order chi connectivity index (χ1) is 12.3. The van der Waals surface area contributed by atoms with Crippen LogP contribution in [0.3, 0.4) is 0 Å². The molecule has 0 bridgehead atoms. The molecule has 0 fully saturated rings. The van der Waals surface area contributed by atoms with Crippen LogP contribution in [-0.4, -0.2) is 39.1 Å². The molecule has 1 amide bonds. The highest BCUT2D eigenvalue weighted by Crippen LogP contribution is 2.34. The standard InChI is InChI=1S/C20H23NO5/c1-3-4-5-13-6-8-14(9-7-13)17(22)16-11-10-15(18(23)19(16)24)12-21(2)20(25)26/h6-11,23-24H,3-5,12H2,1-2H3,(H,25,26). The molecular weight excluding hydrogens is 334 g/mol. The third kappa shape index (κ3) is 4.33. The van der Waals surface area contributed by atoms with Crippen molar-refractivity contribution < 1.29 is 24.9 Å².